The molecule has 2 rings (SSSR count). The summed E-state index contributed by atoms with van der Waals surface area (Å²) in [4.78, 5) is 4.38. The summed E-state index contributed by atoms with van der Waals surface area (Å²) in [6.07, 6.45) is 3.44. The Kier molecular flexibility index (Phi) is 4.54. The third kappa shape index (κ3) is 2.99. The van der Waals surface area contributed by atoms with Crippen molar-refractivity contribution in [3.8, 4) is 0 Å². The smallest absolute Gasteiger partial charge is 0.147 e. The Bertz CT molecular complexity index is 428. The molecule has 2 unspecified atom stereocenters. The highest BCUT2D eigenvalue weighted by molar-refractivity contribution is 6.37. The molecule has 1 aromatic heterocycles. The van der Waals surface area contributed by atoms with Crippen molar-refractivity contribution in [2.45, 2.75) is 31.4 Å². The summed E-state index contributed by atoms with van der Waals surface area (Å²) < 4.78 is 5.35. The molecule has 0 radical (unpaired) electrons. The molecule has 1 aliphatic carbocycles. The minimum absolute atomic E-state index is 0.331. The van der Waals surface area contributed by atoms with Gasteiger partial charge < -0.3 is 15.4 Å². The Hall–Kier alpha value is -0.710. The first kappa shape index (κ1) is 13.7. The summed E-state index contributed by atoms with van der Waals surface area (Å²) in [5.41, 5.74) is 0. The van der Waals surface area contributed by atoms with Crippen LogP contribution < -0.4 is 10.6 Å². The lowest BCUT2D eigenvalue weighted by Crippen LogP contribution is -2.18. The van der Waals surface area contributed by atoms with E-state index < -0.39 is 0 Å². The van der Waals surface area contributed by atoms with Crippen molar-refractivity contribution in [1.29, 1.82) is 0 Å². The van der Waals surface area contributed by atoms with E-state index in [9.17, 15) is 0 Å². The number of nitrogens with zero attached hydrogens (tertiary/aromatic N) is 1. The van der Waals surface area contributed by atoms with Crippen molar-refractivity contribution in [3.05, 3.63) is 16.1 Å². The van der Waals surface area contributed by atoms with Gasteiger partial charge in [0.2, 0.25) is 0 Å². The molecule has 100 valence electrons. The number of hydrogen-bond donors (Lipinski definition) is 2. The molecular weight excluding hydrogens is 273 g/mol. The van der Waals surface area contributed by atoms with E-state index in [1.54, 1.807) is 20.2 Å². The topological polar surface area (TPSA) is 46.2 Å². The van der Waals surface area contributed by atoms with Gasteiger partial charge in [0.25, 0.3) is 0 Å². The van der Waals surface area contributed by atoms with Gasteiger partial charge in [0.15, 0.2) is 0 Å². The van der Waals surface area contributed by atoms with Gasteiger partial charge in [-0.15, -0.1) is 0 Å². The van der Waals surface area contributed by atoms with Crippen molar-refractivity contribution >= 4 is 34.8 Å². The zero-order valence-electron chi connectivity index (χ0n) is 10.5. The highest BCUT2D eigenvalue weighted by Gasteiger charge is 2.25. The first-order chi connectivity index (χ1) is 8.63. The van der Waals surface area contributed by atoms with Crippen LogP contribution in [0.15, 0.2) is 6.07 Å². The van der Waals surface area contributed by atoms with Crippen molar-refractivity contribution in [2.75, 3.05) is 24.8 Å². The zero-order valence-corrected chi connectivity index (χ0v) is 12.0. The van der Waals surface area contributed by atoms with Crippen molar-refractivity contribution < 1.29 is 4.74 Å². The van der Waals surface area contributed by atoms with Crippen LogP contribution in [0.5, 0.6) is 0 Å². The Labute approximate surface area is 117 Å². The van der Waals surface area contributed by atoms with Gasteiger partial charge in [-0.25, -0.2) is 4.98 Å². The van der Waals surface area contributed by atoms with Crippen LogP contribution in [-0.2, 0) is 4.74 Å². The largest absolute Gasteiger partial charge is 0.381 e. The normalized spacial score (nSPS) is 23.1. The number of halogens is 2. The number of nitrogens with one attached hydrogen (secondary N) is 2. The molecule has 1 aromatic rings. The Balaban J connectivity index is 2.09. The second-order valence-electron chi connectivity index (χ2n) is 4.41. The highest BCUT2D eigenvalue weighted by atomic mass is 35.5. The Morgan fingerprint density at radius 1 is 1.28 bits per heavy atom. The standard InChI is InChI=1S/C12H17Cl2N3O/c1-15-11-9(13)6-10(14)12(17-11)16-7-3-4-8(5-7)18-2/h6-8H,3-5H2,1-2H3,(H2,15,16,17). The fourth-order valence-electron chi connectivity index (χ4n) is 2.22. The van der Waals surface area contributed by atoms with E-state index >= 15 is 0 Å². The first-order valence-electron chi connectivity index (χ1n) is 5.97. The van der Waals surface area contributed by atoms with E-state index in [1.165, 1.54) is 0 Å². The van der Waals surface area contributed by atoms with E-state index in [1.807, 2.05) is 0 Å². The van der Waals surface area contributed by atoms with Gasteiger partial charge >= 0.3 is 0 Å². The average Bonchev–Trinajstić information content (AvgIpc) is 2.80. The number of anilines is 2. The van der Waals surface area contributed by atoms with E-state index in [0.717, 1.165) is 19.3 Å². The molecule has 1 heterocycles. The fourth-order valence-corrected chi connectivity index (χ4v) is 2.73. The van der Waals surface area contributed by atoms with Crippen LogP contribution in [-0.4, -0.2) is 31.3 Å². The number of pyridine rings is 1. The molecule has 0 aliphatic heterocycles. The monoisotopic (exact) mass is 289 g/mol. The van der Waals surface area contributed by atoms with Crippen molar-refractivity contribution in [2.24, 2.45) is 0 Å². The van der Waals surface area contributed by atoms with Crippen molar-refractivity contribution in [3.63, 3.8) is 0 Å². The molecule has 0 spiro atoms. The van der Waals surface area contributed by atoms with Crippen molar-refractivity contribution in [1.82, 2.24) is 4.98 Å². The van der Waals surface area contributed by atoms with Gasteiger partial charge in [-0.2, -0.15) is 0 Å². The predicted molar refractivity (Wildman–Crippen MR) is 75.9 cm³/mol. The van der Waals surface area contributed by atoms with Crippen LogP contribution >= 0.6 is 23.2 Å². The summed E-state index contributed by atoms with van der Waals surface area (Å²) in [5.74, 6) is 1.30. The van der Waals surface area contributed by atoms with Crippen LogP contribution in [0.1, 0.15) is 19.3 Å². The summed E-state index contributed by atoms with van der Waals surface area (Å²) in [6, 6.07) is 2.05. The van der Waals surface area contributed by atoms with E-state index in [4.69, 9.17) is 27.9 Å². The lowest BCUT2D eigenvalue weighted by molar-refractivity contribution is 0.108. The molecule has 1 saturated carbocycles. The lowest BCUT2D eigenvalue weighted by atomic mass is 10.2. The minimum atomic E-state index is 0.331. The molecule has 0 aromatic carbocycles. The van der Waals surface area contributed by atoms with Gasteiger partial charge in [-0.05, 0) is 25.3 Å². The minimum Gasteiger partial charge on any atom is -0.381 e. The quantitative estimate of drug-likeness (QED) is 0.892. The van der Waals surface area contributed by atoms with Gasteiger partial charge in [-0.3, -0.25) is 0 Å². The second kappa shape index (κ2) is 5.95. The first-order valence-corrected chi connectivity index (χ1v) is 6.72. The molecule has 0 amide bonds. The molecule has 4 nitrogen and oxygen atoms in total. The fraction of sp³-hybridized carbons (Fsp3) is 0.583. The van der Waals surface area contributed by atoms with Gasteiger partial charge in [0.05, 0.1) is 16.1 Å². The SMILES string of the molecule is CNc1nc(NC2CCC(OC)C2)c(Cl)cc1Cl. The van der Waals surface area contributed by atoms with Crippen LogP contribution in [0.3, 0.4) is 0 Å². The third-order valence-electron chi connectivity index (χ3n) is 3.22. The average molecular weight is 290 g/mol. The molecule has 6 heteroatoms. The summed E-state index contributed by atoms with van der Waals surface area (Å²) in [5, 5.41) is 7.36. The predicted octanol–water partition coefficient (Wildman–Crippen LogP) is 3.41. The van der Waals surface area contributed by atoms with Crippen LogP contribution in [0, 0.1) is 0 Å². The van der Waals surface area contributed by atoms with Gasteiger partial charge in [0.1, 0.15) is 11.6 Å². The third-order valence-corrected chi connectivity index (χ3v) is 3.80. The summed E-state index contributed by atoms with van der Waals surface area (Å²) in [6.45, 7) is 0. The Morgan fingerprint density at radius 3 is 2.61 bits per heavy atom. The molecular formula is C12H17Cl2N3O. The number of ether oxygens (including phenoxy) is 1. The molecule has 18 heavy (non-hydrogen) atoms. The van der Waals surface area contributed by atoms with E-state index in [2.05, 4.69) is 15.6 Å². The Morgan fingerprint density at radius 2 is 2.00 bits per heavy atom. The second-order valence-corrected chi connectivity index (χ2v) is 5.23. The zero-order chi connectivity index (χ0) is 13.1. The number of rotatable bonds is 4. The van der Waals surface area contributed by atoms with E-state index in [0.29, 0.717) is 33.8 Å². The maximum atomic E-state index is 6.14. The molecule has 2 atom stereocenters. The molecule has 1 fully saturated rings. The summed E-state index contributed by atoms with van der Waals surface area (Å²) >= 11 is 12.1. The molecule has 0 bridgehead atoms. The highest BCUT2D eigenvalue weighted by Crippen LogP contribution is 2.31. The maximum Gasteiger partial charge on any atom is 0.147 e. The molecule has 2 N–H and O–H groups in total. The number of aromatic nitrogens is 1. The van der Waals surface area contributed by atoms with E-state index in [-0.39, 0.29) is 0 Å². The summed E-state index contributed by atoms with van der Waals surface area (Å²) in [7, 11) is 3.53. The maximum absolute atomic E-state index is 6.14. The van der Waals surface area contributed by atoms with Gasteiger partial charge in [-0.1, -0.05) is 23.2 Å². The van der Waals surface area contributed by atoms with Crippen LogP contribution in [0.25, 0.3) is 0 Å². The molecule has 0 saturated heterocycles. The van der Waals surface area contributed by atoms with Crippen LogP contribution in [0.4, 0.5) is 11.6 Å². The molecule has 1 aliphatic rings. The lowest BCUT2D eigenvalue weighted by Gasteiger charge is -2.16. The van der Waals surface area contributed by atoms with Crippen LogP contribution in [0.2, 0.25) is 10.0 Å². The number of methoxy groups -OCH3 is 1. The number of hydrogen-bond acceptors (Lipinski definition) is 4. The van der Waals surface area contributed by atoms with Gasteiger partial charge in [0, 0.05) is 20.2 Å².